The molecule has 0 amide bonds. The number of piperidine rings is 1. The number of nitrogen functional groups attached to an aromatic ring is 1. The Labute approximate surface area is 113 Å². The van der Waals surface area contributed by atoms with Crippen LogP contribution in [0.15, 0.2) is 0 Å². The zero-order chi connectivity index (χ0) is 14.2. The fourth-order valence-corrected chi connectivity index (χ4v) is 2.34. The van der Waals surface area contributed by atoms with Crippen molar-refractivity contribution in [2.24, 2.45) is 0 Å². The average Bonchev–Trinajstić information content (AvgIpc) is 2.67. The van der Waals surface area contributed by atoms with Crippen LogP contribution in [-0.2, 0) is 5.54 Å². The summed E-state index contributed by atoms with van der Waals surface area (Å²) in [7, 11) is 0. The highest BCUT2D eigenvalue weighted by molar-refractivity contribution is 5.65. The minimum Gasteiger partial charge on any atom is -0.393 e. The molecule has 2 heterocycles. The average molecular weight is 263 g/mol. The maximum Gasteiger partial charge on any atom is 0.170 e. The zero-order valence-electron chi connectivity index (χ0n) is 11.7. The predicted octanol–water partition coefficient (Wildman–Crippen LogP) is 1.05. The van der Waals surface area contributed by atoms with Crippen molar-refractivity contribution >= 4 is 11.6 Å². The van der Waals surface area contributed by atoms with Crippen LogP contribution in [-0.4, -0.2) is 34.1 Å². The second-order valence-electron chi connectivity index (χ2n) is 6.00. The molecule has 0 bridgehead atoms. The number of rotatable bonds is 1. The topological polar surface area (TPSA) is 91.1 Å². The van der Waals surface area contributed by atoms with Gasteiger partial charge in [-0.05, 0) is 33.6 Å². The van der Waals surface area contributed by atoms with E-state index in [1.807, 2.05) is 25.7 Å². The molecule has 104 valence electrons. The Morgan fingerprint density at radius 1 is 1.37 bits per heavy atom. The van der Waals surface area contributed by atoms with Gasteiger partial charge in [0, 0.05) is 13.1 Å². The van der Waals surface area contributed by atoms with Gasteiger partial charge in [0.1, 0.15) is 17.5 Å². The highest BCUT2D eigenvalue weighted by Crippen LogP contribution is 2.30. The molecule has 19 heavy (non-hydrogen) atoms. The molecule has 3 N–H and O–H groups in total. The Morgan fingerprint density at radius 2 is 1.95 bits per heavy atom. The molecule has 0 radical (unpaired) electrons. The van der Waals surface area contributed by atoms with Crippen LogP contribution in [0.5, 0.6) is 0 Å². The van der Waals surface area contributed by atoms with E-state index in [2.05, 4.69) is 11.2 Å². The number of aliphatic hydroxyl groups excluding tert-OH is 1. The van der Waals surface area contributed by atoms with Crippen LogP contribution in [0.2, 0.25) is 0 Å². The molecular formula is C13H21N5O. The SMILES string of the molecule is CC(C)(C)n1nc(N2CCC(O)CC2)c(C#N)c1N. The van der Waals surface area contributed by atoms with Gasteiger partial charge in [-0.15, -0.1) is 0 Å². The van der Waals surface area contributed by atoms with Crippen molar-refractivity contribution in [2.75, 3.05) is 23.7 Å². The third-order valence-corrected chi connectivity index (χ3v) is 3.41. The normalized spacial score (nSPS) is 17.5. The lowest BCUT2D eigenvalue weighted by Gasteiger charge is -2.29. The van der Waals surface area contributed by atoms with Crippen LogP contribution in [0.3, 0.4) is 0 Å². The molecule has 0 unspecified atom stereocenters. The third kappa shape index (κ3) is 2.51. The van der Waals surface area contributed by atoms with Gasteiger partial charge >= 0.3 is 0 Å². The standard InChI is InChI=1S/C13H21N5O/c1-13(2,3)18-11(15)10(8-14)12(16-18)17-6-4-9(19)5-7-17/h9,19H,4-7,15H2,1-3H3. The van der Waals surface area contributed by atoms with Crippen LogP contribution in [0.4, 0.5) is 11.6 Å². The molecule has 0 saturated carbocycles. The highest BCUT2D eigenvalue weighted by atomic mass is 16.3. The quantitative estimate of drug-likeness (QED) is 0.790. The fraction of sp³-hybridized carbons (Fsp3) is 0.692. The lowest BCUT2D eigenvalue weighted by Crippen LogP contribution is -2.36. The third-order valence-electron chi connectivity index (χ3n) is 3.41. The summed E-state index contributed by atoms with van der Waals surface area (Å²) in [6, 6.07) is 2.15. The van der Waals surface area contributed by atoms with E-state index >= 15 is 0 Å². The van der Waals surface area contributed by atoms with Gasteiger partial charge in [-0.2, -0.15) is 10.4 Å². The summed E-state index contributed by atoms with van der Waals surface area (Å²) in [4.78, 5) is 2.03. The first-order valence-corrected chi connectivity index (χ1v) is 6.56. The van der Waals surface area contributed by atoms with Gasteiger partial charge in [0.2, 0.25) is 0 Å². The first-order chi connectivity index (χ1) is 8.84. The van der Waals surface area contributed by atoms with Crippen LogP contribution in [0.1, 0.15) is 39.2 Å². The monoisotopic (exact) mass is 263 g/mol. The van der Waals surface area contributed by atoms with Crippen LogP contribution < -0.4 is 10.6 Å². The summed E-state index contributed by atoms with van der Waals surface area (Å²) < 4.78 is 1.70. The Bertz CT molecular complexity index is 500. The molecule has 1 aromatic heterocycles. The van der Waals surface area contributed by atoms with Crippen LogP contribution >= 0.6 is 0 Å². The summed E-state index contributed by atoms with van der Waals surface area (Å²) in [5.74, 6) is 1.05. The molecule has 0 aromatic carbocycles. The predicted molar refractivity (Wildman–Crippen MR) is 73.8 cm³/mol. The van der Waals surface area contributed by atoms with Crippen molar-refractivity contribution in [1.82, 2.24) is 9.78 Å². The minimum absolute atomic E-state index is 0.246. The fourth-order valence-electron chi connectivity index (χ4n) is 2.34. The molecule has 1 saturated heterocycles. The van der Waals surface area contributed by atoms with E-state index in [-0.39, 0.29) is 11.6 Å². The van der Waals surface area contributed by atoms with E-state index in [1.54, 1.807) is 4.68 Å². The van der Waals surface area contributed by atoms with Crippen molar-refractivity contribution < 1.29 is 5.11 Å². The van der Waals surface area contributed by atoms with Gasteiger partial charge in [-0.1, -0.05) is 0 Å². The molecule has 1 aromatic rings. The molecule has 2 rings (SSSR count). The first kappa shape index (κ1) is 13.7. The van der Waals surface area contributed by atoms with Crippen molar-refractivity contribution in [3.8, 4) is 6.07 Å². The molecule has 6 nitrogen and oxygen atoms in total. The number of hydrogen-bond donors (Lipinski definition) is 2. The maximum absolute atomic E-state index is 9.55. The molecule has 1 aliphatic heterocycles. The van der Waals surface area contributed by atoms with Crippen LogP contribution in [0.25, 0.3) is 0 Å². The first-order valence-electron chi connectivity index (χ1n) is 6.56. The Hall–Kier alpha value is -1.74. The van der Waals surface area contributed by atoms with E-state index in [0.29, 0.717) is 43.1 Å². The van der Waals surface area contributed by atoms with Gasteiger partial charge in [-0.3, -0.25) is 0 Å². The number of nitrogens with zero attached hydrogens (tertiary/aromatic N) is 4. The highest BCUT2D eigenvalue weighted by Gasteiger charge is 2.28. The maximum atomic E-state index is 9.55. The molecule has 1 fully saturated rings. The molecule has 0 spiro atoms. The zero-order valence-corrected chi connectivity index (χ0v) is 11.7. The van der Waals surface area contributed by atoms with E-state index in [0.717, 1.165) is 0 Å². The number of nitriles is 1. The number of anilines is 2. The Morgan fingerprint density at radius 3 is 2.42 bits per heavy atom. The molecule has 0 atom stereocenters. The Kier molecular flexibility index (Phi) is 3.42. The summed E-state index contributed by atoms with van der Waals surface area (Å²) in [5.41, 5.74) is 6.21. The van der Waals surface area contributed by atoms with E-state index in [4.69, 9.17) is 5.73 Å². The van der Waals surface area contributed by atoms with Gasteiger partial charge in [0.05, 0.1) is 11.6 Å². The van der Waals surface area contributed by atoms with Gasteiger partial charge in [0.15, 0.2) is 5.82 Å². The van der Waals surface area contributed by atoms with E-state index < -0.39 is 0 Å². The Balaban J connectivity index is 2.38. The second-order valence-corrected chi connectivity index (χ2v) is 6.00. The summed E-state index contributed by atoms with van der Waals surface area (Å²) in [6.45, 7) is 7.41. The number of aliphatic hydroxyl groups is 1. The summed E-state index contributed by atoms with van der Waals surface area (Å²) in [5, 5.41) is 23.4. The number of aromatic nitrogens is 2. The van der Waals surface area contributed by atoms with Gasteiger partial charge < -0.3 is 15.7 Å². The van der Waals surface area contributed by atoms with Gasteiger partial charge in [0.25, 0.3) is 0 Å². The van der Waals surface area contributed by atoms with Crippen molar-refractivity contribution in [1.29, 1.82) is 5.26 Å². The summed E-state index contributed by atoms with van der Waals surface area (Å²) >= 11 is 0. The number of hydrogen-bond acceptors (Lipinski definition) is 5. The second kappa shape index (κ2) is 4.74. The smallest absolute Gasteiger partial charge is 0.170 e. The summed E-state index contributed by atoms with van der Waals surface area (Å²) in [6.07, 6.45) is 1.16. The molecule has 6 heteroatoms. The van der Waals surface area contributed by atoms with E-state index in [1.165, 1.54) is 0 Å². The van der Waals surface area contributed by atoms with Crippen molar-refractivity contribution in [3.63, 3.8) is 0 Å². The molecule has 0 aliphatic carbocycles. The van der Waals surface area contributed by atoms with Gasteiger partial charge in [-0.25, -0.2) is 4.68 Å². The number of nitrogens with two attached hydrogens (primary N) is 1. The minimum atomic E-state index is -0.261. The lowest BCUT2D eigenvalue weighted by molar-refractivity contribution is 0.145. The van der Waals surface area contributed by atoms with Crippen LogP contribution in [0, 0.1) is 11.3 Å². The van der Waals surface area contributed by atoms with E-state index in [9.17, 15) is 10.4 Å². The van der Waals surface area contributed by atoms with Crippen molar-refractivity contribution in [3.05, 3.63) is 5.56 Å². The molecule has 1 aliphatic rings. The lowest BCUT2D eigenvalue weighted by atomic mass is 10.1. The molecular weight excluding hydrogens is 242 g/mol. The largest absolute Gasteiger partial charge is 0.393 e. The van der Waals surface area contributed by atoms with Crippen molar-refractivity contribution in [2.45, 2.75) is 45.3 Å².